The van der Waals surface area contributed by atoms with Gasteiger partial charge in [0, 0.05) is 11.9 Å². The number of aliphatic carboxylic acids is 1. The van der Waals surface area contributed by atoms with Crippen LogP contribution in [0.2, 0.25) is 0 Å². The highest BCUT2D eigenvalue weighted by Gasteiger charge is 2.13. The Bertz CT molecular complexity index is 828. The third kappa shape index (κ3) is 1.89. The summed E-state index contributed by atoms with van der Waals surface area (Å²) < 4.78 is 6.53. The van der Waals surface area contributed by atoms with Crippen LogP contribution in [-0.2, 0) is 11.3 Å². The molecule has 1 heterocycles. The lowest BCUT2D eigenvalue weighted by Gasteiger charge is -2.03. The number of oxazole rings is 1. The van der Waals surface area contributed by atoms with Crippen LogP contribution in [0.3, 0.4) is 0 Å². The van der Waals surface area contributed by atoms with E-state index in [4.69, 9.17) is 9.52 Å². The van der Waals surface area contributed by atoms with Crippen molar-refractivity contribution in [1.82, 2.24) is 4.57 Å². The summed E-state index contributed by atoms with van der Waals surface area (Å²) in [6.45, 7) is 0.106. The van der Waals surface area contributed by atoms with Crippen molar-refractivity contribution >= 4 is 27.8 Å². The van der Waals surface area contributed by atoms with Gasteiger partial charge in [-0.1, -0.05) is 30.3 Å². The van der Waals surface area contributed by atoms with E-state index in [2.05, 4.69) is 0 Å². The molecule has 3 aromatic rings. The first-order valence-corrected chi connectivity index (χ1v) is 5.90. The van der Waals surface area contributed by atoms with Crippen LogP contribution in [0.1, 0.15) is 6.42 Å². The van der Waals surface area contributed by atoms with Gasteiger partial charge in [0.05, 0.1) is 11.9 Å². The highest BCUT2D eigenvalue weighted by atomic mass is 16.4. The topological polar surface area (TPSA) is 72.4 Å². The Morgan fingerprint density at radius 1 is 1.21 bits per heavy atom. The van der Waals surface area contributed by atoms with E-state index in [1.54, 1.807) is 6.07 Å². The largest absolute Gasteiger partial charge is 0.481 e. The van der Waals surface area contributed by atoms with E-state index in [0.29, 0.717) is 11.1 Å². The highest BCUT2D eigenvalue weighted by Crippen LogP contribution is 2.24. The Hall–Kier alpha value is -2.56. The Morgan fingerprint density at radius 2 is 2.00 bits per heavy atom. The Morgan fingerprint density at radius 3 is 2.79 bits per heavy atom. The lowest BCUT2D eigenvalue weighted by Crippen LogP contribution is -2.16. The predicted molar refractivity (Wildman–Crippen MR) is 70.2 cm³/mol. The average molecular weight is 257 g/mol. The fourth-order valence-electron chi connectivity index (χ4n) is 2.25. The van der Waals surface area contributed by atoms with Gasteiger partial charge in [-0.2, -0.15) is 0 Å². The SMILES string of the molecule is O=C(O)CCn1c(=O)oc2ccc3ccccc3c21. The van der Waals surface area contributed by atoms with Gasteiger partial charge in [-0.15, -0.1) is 0 Å². The van der Waals surface area contributed by atoms with Gasteiger partial charge in [0.15, 0.2) is 5.58 Å². The molecule has 0 aliphatic carbocycles. The summed E-state index contributed by atoms with van der Waals surface area (Å²) in [5.74, 6) is -1.46. The number of fused-ring (bicyclic) bond motifs is 3. The van der Waals surface area contributed by atoms with E-state index < -0.39 is 11.7 Å². The molecular weight excluding hydrogens is 246 g/mol. The molecule has 5 heteroatoms. The molecular formula is C14H11NO4. The Labute approximate surface area is 107 Å². The van der Waals surface area contributed by atoms with Crippen molar-refractivity contribution in [3.05, 3.63) is 46.9 Å². The van der Waals surface area contributed by atoms with E-state index in [9.17, 15) is 9.59 Å². The van der Waals surface area contributed by atoms with Crippen molar-refractivity contribution in [2.24, 2.45) is 0 Å². The molecule has 96 valence electrons. The molecule has 0 amide bonds. The Balaban J connectivity index is 2.30. The second kappa shape index (κ2) is 4.28. The van der Waals surface area contributed by atoms with Crippen LogP contribution in [0.4, 0.5) is 0 Å². The Kier molecular flexibility index (Phi) is 2.59. The minimum Gasteiger partial charge on any atom is -0.481 e. The maximum Gasteiger partial charge on any atom is 0.419 e. The molecule has 1 N–H and O–H groups in total. The molecule has 2 aromatic carbocycles. The van der Waals surface area contributed by atoms with Crippen LogP contribution < -0.4 is 5.76 Å². The minimum atomic E-state index is -0.943. The van der Waals surface area contributed by atoms with E-state index in [1.807, 2.05) is 30.3 Å². The van der Waals surface area contributed by atoms with Gasteiger partial charge in [0.2, 0.25) is 0 Å². The van der Waals surface area contributed by atoms with Crippen molar-refractivity contribution in [1.29, 1.82) is 0 Å². The van der Waals surface area contributed by atoms with Crippen LogP contribution in [0, 0.1) is 0 Å². The second-order valence-electron chi connectivity index (χ2n) is 4.30. The quantitative estimate of drug-likeness (QED) is 0.780. The zero-order valence-electron chi connectivity index (χ0n) is 10.00. The zero-order valence-corrected chi connectivity index (χ0v) is 10.00. The molecule has 0 bridgehead atoms. The molecule has 0 radical (unpaired) electrons. The number of carboxylic acid groups (broad SMARTS) is 1. The summed E-state index contributed by atoms with van der Waals surface area (Å²) in [6.07, 6.45) is -0.113. The number of nitrogens with zero attached hydrogens (tertiary/aromatic N) is 1. The molecule has 5 nitrogen and oxygen atoms in total. The molecule has 0 aliphatic heterocycles. The van der Waals surface area contributed by atoms with Gasteiger partial charge in [0.25, 0.3) is 0 Å². The number of hydrogen-bond acceptors (Lipinski definition) is 3. The van der Waals surface area contributed by atoms with E-state index >= 15 is 0 Å². The first-order chi connectivity index (χ1) is 9.16. The molecule has 1 aromatic heterocycles. The van der Waals surface area contributed by atoms with Crippen molar-refractivity contribution in [3.8, 4) is 0 Å². The third-order valence-electron chi connectivity index (χ3n) is 3.10. The first-order valence-electron chi connectivity index (χ1n) is 5.90. The molecule has 0 aliphatic rings. The molecule has 0 spiro atoms. The lowest BCUT2D eigenvalue weighted by molar-refractivity contribution is -0.137. The fraction of sp³-hybridized carbons (Fsp3) is 0.143. The van der Waals surface area contributed by atoms with Crippen molar-refractivity contribution in [2.45, 2.75) is 13.0 Å². The van der Waals surface area contributed by atoms with Crippen LogP contribution >= 0.6 is 0 Å². The standard InChI is InChI=1S/C14H11NO4/c16-12(17)7-8-15-13-10-4-2-1-3-9(10)5-6-11(13)19-14(15)18/h1-6H,7-8H2,(H,16,17). The van der Waals surface area contributed by atoms with Crippen molar-refractivity contribution in [2.75, 3.05) is 0 Å². The van der Waals surface area contributed by atoms with Gasteiger partial charge >= 0.3 is 11.7 Å². The summed E-state index contributed by atoms with van der Waals surface area (Å²) in [5.41, 5.74) is 1.14. The highest BCUT2D eigenvalue weighted by molar-refractivity contribution is 6.03. The molecule has 0 unspecified atom stereocenters. The van der Waals surface area contributed by atoms with Crippen LogP contribution in [0.5, 0.6) is 0 Å². The zero-order chi connectivity index (χ0) is 13.4. The van der Waals surface area contributed by atoms with E-state index in [-0.39, 0.29) is 13.0 Å². The lowest BCUT2D eigenvalue weighted by atomic mass is 10.1. The van der Waals surface area contributed by atoms with Crippen LogP contribution in [-0.4, -0.2) is 15.6 Å². The molecule has 3 rings (SSSR count). The summed E-state index contributed by atoms with van der Waals surface area (Å²) in [5, 5.41) is 10.6. The normalized spacial score (nSPS) is 11.2. The van der Waals surface area contributed by atoms with Crippen LogP contribution in [0.15, 0.2) is 45.6 Å². The first kappa shape index (κ1) is 11.5. The molecule has 19 heavy (non-hydrogen) atoms. The van der Waals surface area contributed by atoms with Gasteiger partial charge in [-0.25, -0.2) is 4.79 Å². The van der Waals surface area contributed by atoms with Crippen LogP contribution in [0.25, 0.3) is 21.9 Å². The second-order valence-corrected chi connectivity index (χ2v) is 4.30. The van der Waals surface area contributed by atoms with Crippen molar-refractivity contribution in [3.63, 3.8) is 0 Å². The smallest absolute Gasteiger partial charge is 0.419 e. The monoisotopic (exact) mass is 257 g/mol. The molecule has 0 saturated heterocycles. The van der Waals surface area contributed by atoms with Crippen molar-refractivity contribution < 1.29 is 14.3 Å². The number of carboxylic acids is 1. The third-order valence-corrected chi connectivity index (χ3v) is 3.10. The average Bonchev–Trinajstić information content (AvgIpc) is 2.72. The number of aromatic nitrogens is 1. The summed E-state index contributed by atoms with van der Waals surface area (Å²) in [6, 6.07) is 11.2. The molecule has 0 saturated carbocycles. The molecule has 0 atom stereocenters. The summed E-state index contributed by atoms with van der Waals surface area (Å²) in [7, 11) is 0. The number of carbonyl (C=O) groups is 1. The number of benzene rings is 2. The van der Waals surface area contributed by atoms with Gasteiger partial charge in [-0.05, 0) is 11.5 Å². The predicted octanol–water partition coefficient (Wildman–Crippen LogP) is 2.22. The number of aryl methyl sites for hydroxylation is 1. The molecule has 0 fully saturated rings. The fourth-order valence-corrected chi connectivity index (χ4v) is 2.25. The maximum atomic E-state index is 11.8. The van der Waals surface area contributed by atoms with E-state index in [0.717, 1.165) is 10.8 Å². The van der Waals surface area contributed by atoms with Gasteiger partial charge in [-0.3, -0.25) is 9.36 Å². The minimum absolute atomic E-state index is 0.106. The number of hydrogen-bond donors (Lipinski definition) is 1. The summed E-state index contributed by atoms with van der Waals surface area (Å²) >= 11 is 0. The summed E-state index contributed by atoms with van der Waals surface area (Å²) in [4.78, 5) is 22.5. The van der Waals surface area contributed by atoms with Gasteiger partial charge < -0.3 is 9.52 Å². The van der Waals surface area contributed by atoms with Gasteiger partial charge in [0.1, 0.15) is 0 Å². The van der Waals surface area contributed by atoms with E-state index in [1.165, 1.54) is 4.57 Å². The number of rotatable bonds is 3. The maximum absolute atomic E-state index is 11.8.